The molecule has 0 radical (unpaired) electrons. The van der Waals surface area contributed by atoms with Gasteiger partial charge in [-0.15, -0.1) is 0 Å². The summed E-state index contributed by atoms with van der Waals surface area (Å²) in [5.41, 5.74) is 7.78. The Balaban J connectivity index is 0.000000296. The van der Waals surface area contributed by atoms with Crippen molar-refractivity contribution in [3.05, 3.63) is 48.0 Å². The summed E-state index contributed by atoms with van der Waals surface area (Å²) in [4.78, 5) is 19.0. The van der Waals surface area contributed by atoms with Crippen LogP contribution in [0.25, 0.3) is 0 Å². The molecule has 1 heterocycles. The highest BCUT2D eigenvalue weighted by atomic mass is 16.3. The average molecular weight is 403 g/mol. The molecule has 2 aromatic rings. The number of hydrogen-bond acceptors (Lipinski definition) is 5. The maximum atomic E-state index is 11.9. The van der Waals surface area contributed by atoms with Gasteiger partial charge >= 0.3 is 0 Å². The number of H-pyrrole nitrogens is 1. The molecule has 0 fully saturated rings. The Hall–Kier alpha value is -2.18. The fourth-order valence-corrected chi connectivity index (χ4v) is 3.05. The SMILES string of the molecule is CC(C)(C)C(=O)C(N)Cc1ccc(O)cc1.CC(Cc1cnc[nH]1)NC(C)(C)C. The molecule has 0 aliphatic carbocycles. The lowest BCUT2D eigenvalue weighted by atomic mass is 9.85. The third kappa shape index (κ3) is 10.2. The second-order valence-electron chi connectivity index (χ2n) is 9.67. The number of aromatic nitrogens is 2. The summed E-state index contributed by atoms with van der Waals surface area (Å²) < 4.78 is 0. The number of phenolic OH excluding ortho intramolecular Hbond substituents is 1. The molecule has 2 unspecified atom stereocenters. The van der Waals surface area contributed by atoms with Crippen molar-refractivity contribution in [3.8, 4) is 5.75 Å². The predicted octanol–water partition coefficient (Wildman–Crippen LogP) is 3.61. The third-order valence-corrected chi connectivity index (χ3v) is 4.23. The fraction of sp³-hybridized carbons (Fsp3) is 0.565. The molecular weight excluding hydrogens is 364 g/mol. The average Bonchev–Trinajstić information content (AvgIpc) is 3.07. The molecule has 0 spiro atoms. The number of nitrogens with one attached hydrogen (secondary N) is 2. The number of hydrogen-bond donors (Lipinski definition) is 4. The van der Waals surface area contributed by atoms with Crippen LogP contribution in [0.3, 0.4) is 0 Å². The van der Waals surface area contributed by atoms with E-state index in [0.29, 0.717) is 12.5 Å². The van der Waals surface area contributed by atoms with E-state index in [-0.39, 0.29) is 17.1 Å². The highest BCUT2D eigenvalue weighted by Gasteiger charge is 2.26. The molecule has 1 aromatic carbocycles. The van der Waals surface area contributed by atoms with Crippen LogP contribution in [-0.4, -0.2) is 38.5 Å². The maximum Gasteiger partial charge on any atom is 0.155 e. The van der Waals surface area contributed by atoms with Gasteiger partial charge in [-0.25, -0.2) is 4.98 Å². The van der Waals surface area contributed by atoms with Crippen LogP contribution >= 0.6 is 0 Å². The number of aromatic hydroxyl groups is 1. The molecule has 6 nitrogen and oxygen atoms in total. The van der Waals surface area contributed by atoms with E-state index >= 15 is 0 Å². The first-order valence-corrected chi connectivity index (χ1v) is 10.1. The molecule has 2 rings (SSSR count). The lowest BCUT2D eigenvalue weighted by molar-refractivity contribution is -0.127. The summed E-state index contributed by atoms with van der Waals surface area (Å²) in [6, 6.07) is 6.76. The van der Waals surface area contributed by atoms with E-state index in [1.807, 2.05) is 27.0 Å². The molecule has 0 bridgehead atoms. The molecule has 1 aromatic heterocycles. The van der Waals surface area contributed by atoms with Gasteiger partial charge in [-0.3, -0.25) is 4.79 Å². The van der Waals surface area contributed by atoms with Gasteiger partial charge in [-0.2, -0.15) is 0 Å². The number of phenols is 1. The monoisotopic (exact) mass is 402 g/mol. The number of nitrogens with two attached hydrogens (primary N) is 1. The zero-order valence-corrected chi connectivity index (χ0v) is 18.9. The summed E-state index contributed by atoms with van der Waals surface area (Å²) in [7, 11) is 0. The van der Waals surface area contributed by atoms with Gasteiger partial charge in [0, 0.05) is 35.3 Å². The van der Waals surface area contributed by atoms with Crippen LogP contribution in [-0.2, 0) is 17.6 Å². The quantitative estimate of drug-likeness (QED) is 0.591. The summed E-state index contributed by atoms with van der Waals surface area (Å²) in [5.74, 6) is 0.278. The fourth-order valence-electron chi connectivity index (χ4n) is 3.05. The van der Waals surface area contributed by atoms with Gasteiger partial charge in [0.15, 0.2) is 5.78 Å². The molecule has 5 N–H and O–H groups in total. The largest absolute Gasteiger partial charge is 0.508 e. The number of carbonyl (C=O) groups is 1. The van der Waals surface area contributed by atoms with Gasteiger partial charge in [0.2, 0.25) is 0 Å². The van der Waals surface area contributed by atoms with E-state index in [1.54, 1.807) is 30.6 Å². The number of Topliss-reactive ketones (excluding diaryl/α,β-unsaturated/α-hetero) is 1. The summed E-state index contributed by atoms with van der Waals surface area (Å²) in [5, 5.41) is 12.6. The lowest BCUT2D eigenvalue weighted by Crippen LogP contribution is -2.43. The summed E-state index contributed by atoms with van der Waals surface area (Å²) >= 11 is 0. The zero-order chi connectivity index (χ0) is 22.2. The molecule has 0 amide bonds. The zero-order valence-electron chi connectivity index (χ0n) is 18.9. The molecule has 0 aliphatic heterocycles. The molecule has 0 aliphatic rings. The lowest BCUT2D eigenvalue weighted by Gasteiger charge is -2.25. The Morgan fingerprint density at radius 1 is 1.14 bits per heavy atom. The first kappa shape index (κ1) is 24.9. The van der Waals surface area contributed by atoms with Crippen LogP contribution in [0.4, 0.5) is 0 Å². The third-order valence-electron chi connectivity index (χ3n) is 4.23. The van der Waals surface area contributed by atoms with Crippen LogP contribution in [0.2, 0.25) is 0 Å². The summed E-state index contributed by atoms with van der Waals surface area (Å²) in [6.07, 6.45) is 5.10. The van der Waals surface area contributed by atoms with E-state index in [2.05, 4.69) is 43.0 Å². The minimum Gasteiger partial charge on any atom is -0.508 e. The Morgan fingerprint density at radius 2 is 1.72 bits per heavy atom. The molecule has 6 heteroatoms. The molecule has 0 saturated heterocycles. The van der Waals surface area contributed by atoms with Crippen LogP contribution in [0.5, 0.6) is 5.75 Å². The van der Waals surface area contributed by atoms with Gasteiger partial charge in [0.1, 0.15) is 5.75 Å². The Kier molecular flexibility index (Phi) is 9.05. The van der Waals surface area contributed by atoms with Gasteiger partial charge < -0.3 is 21.1 Å². The van der Waals surface area contributed by atoms with Gasteiger partial charge in [0.25, 0.3) is 0 Å². The summed E-state index contributed by atoms with van der Waals surface area (Å²) in [6.45, 7) is 14.3. The Morgan fingerprint density at radius 3 is 2.17 bits per heavy atom. The molecule has 29 heavy (non-hydrogen) atoms. The minimum absolute atomic E-state index is 0.0561. The first-order chi connectivity index (χ1) is 13.3. The van der Waals surface area contributed by atoms with Crippen LogP contribution in [0.15, 0.2) is 36.8 Å². The first-order valence-electron chi connectivity index (χ1n) is 10.1. The Labute approximate surface area is 175 Å². The smallest absolute Gasteiger partial charge is 0.155 e. The van der Waals surface area contributed by atoms with E-state index < -0.39 is 11.5 Å². The molecule has 2 atom stereocenters. The molecule has 0 saturated carbocycles. The van der Waals surface area contributed by atoms with Crippen LogP contribution < -0.4 is 11.1 Å². The normalized spacial score (nSPS) is 13.9. The Bertz CT molecular complexity index is 726. The van der Waals surface area contributed by atoms with Crippen molar-refractivity contribution < 1.29 is 9.90 Å². The van der Waals surface area contributed by atoms with Crippen molar-refractivity contribution in [2.75, 3.05) is 0 Å². The second-order valence-corrected chi connectivity index (χ2v) is 9.67. The van der Waals surface area contributed by atoms with E-state index in [1.165, 1.54) is 5.69 Å². The number of carbonyl (C=O) groups excluding carboxylic acids is 1. The van der Waals surface area contributed by atoms with Gasteiger partial charge in [0.05, 0.1) is 12.4 Å². The highest BCUT2D eigenvalue weighted by Crippen LogP contribution is 2.18. The van der Waals surface area contributed by atoms with E-state index in [0.717, 1.165) is 12.0 Å². The number of imidazole rings is 1. The standard InChI is InChI=1S/C13H19NO2.C10H19N3/c1-13(2,3)12(16)11(14)8-9-4-6-10(15)7-5-9;1-8(13-10(2,3)4)5-9-6-11-7-12-9/h4-7,11,15H,8,14H2,1-3H3;6-8,13H,5H2,1-4H3,(H,11,12). The van der Waals surface area contributed by atoms with E-state index in [9.17, 15) is 4.79 Å². The van der Waals surface area contributed by atoms with Crippen molar-refractivity contribution in [1.29, 1.82) is 0 Å². The number of nitrogens with zero attached hydrogens (tertiary/aromatic N) is 1. The number of ketones is 1. The van der Waals surface area contributed by atoms with Crippen molar-refractivity contribution >= 4 is 5.78 Å². The van der Waals surface area contributed by atoms with Crippen LogP contribution in [0.1, 0.15) is 59.7 Å². The second kappa shape index (κ2) is 10.6. The number of aromatic amines is 1. The van der Waals surface area contributed by atoms with Gasteiger partial charge in [-0.05, 0) is 51.8 Å². The maximum absolute atomic E-state index is 11.9. The van der Waals surface area contributed by atoms with Crippen LogP contribution in [0, 0.1) is 5.41 Å². The topological polar surface area (TPSA) is 104 Å². The van der Waals surface area contributed by atoms with Gasteiger partial charge in [-0.1, -0.05) is 32.9 Å². The van der Waals surface area contributed by atoms with Crippen molar-refractivity contribution in [1.82, 2.24) is 15.3 Å². The van der Waals surface area contributed by atoms with E-state index in [4.69, 9.17) is 10.8 Å². The minimum atomic E-state index is -0.482. The highest BCUT2D eigenvalue weighted by molar-refractivity contribution is 5.88. The van der Waals surface area contributed by atoms with Crippen molar-refractivity contribution in [2.45, 2.75) is 78.9 Å². The number of rotatable bonds is 6. The molecular formula is C23H38N4O2. The van der Waals surface area contributed by atoms with Crippen molar-refractivity contribution in [2.24, 2.45) is 11.1 Å². The number of benzene rings is 1. The predicted molar refractivity (Wildman–Crippen MR) is 119 cm³/mol. The molecule has 162 valence electrons. The van der Waals surface area contributed by atoms with Crippen molar-refractivity contribution in [3.63, 3.8) is 0 Å².